The van der Waals surface area contributed by atoms with E-state index in [1.807, 2.05) is 0 Å². The molecule has 1 fully saturated rings. The zero-order valence-corrected chi connectivity index (χ0v) is 17.6. The summed E-state index contributed by atoms with van der Waals surface area (Å²) in [5.41, 5.74) is 2.31. The van der Waals surface area contributed by atoms with Crippen molar-refractivity contribution in [3.63, 3.8) is 0 Å². The molecule has 0 bridgehead atoms. The first-order valence-corrected chi connectivity index (χ1v) is 9.80. The molecule has 0 aromatic heterocycles. The van der Waals surface area contributed by atoms with Gasteiger partial charge in [0.25, 0.3) is 0 Å². The van der Waals surface area contributed by atoms with E-state index in [0.29, 0.717) is 5.75 Å². The van der Waals surface area contributed by atoms with Gasteiger partial charge in [0, 0.05) is 17.0 Å². The largest absolute Gasteiger partial charge is 0.493 e. The van der Waals surface area contributed by atoms with Crippen LogP contribution in [0.5, 0.6) is 11.5 Å². The van der Waals surface area contributed by atoms with Gasteiger partial charge in [-0.05, 0) is 35.8 Å². The first kappa shape index (κ1) is 19.8. The quantitative estimate of drug-likeness (QED) is 0.691. The molecule has 1 aromatic rings. The van der Waals surface area contributed by atoms with Crippen molar-refractivity contribution >= 4 is 12.0 Å². The fourth-order valence-corrected chi connectivity index (χ4v) is 5.33. The highest BCUT2D eigenvalue weighted by Gasteiger charge is 2.58. The number of benzene rings is 1. The summed E-state index contributed by atoms with van der Waals surface area (Å²) in [5.74, 6) is 1.57. The minimum atomic E-state index is -0.741. The molecular weight excluding hydrogens is 340 g/mol. The fraction of sp³-hybridized carbons (Fsp3) is 0.609. The molecule has 1 saturated carbocycles. The van der Waals surface area contributed by atoms with Gasteiger partial charge in [0.2, 0.25) is 0 Å². The number of carbonyl (C=O) groups is 1. The minimum Gasteiger partial charge on any atom is -0.493 e. The lowest BCUT2D eigenvalue weighted by Gasteiger charge is -2.52. The Hall–Kier alpha value is -1.97. The van der Waals surface area contributed by atoms with Crippen molar-refractivity contribution in [3.8, 4) is 11.5 Å². The van der Waals surface area contributed by atoms with Crippen LogP contribution in [0.3, 0.4) is 0 Å². The Labute approximate surface area is 162 Å². The number of esters is 1. The van der Waals surface area contributed by atoms with Crippen LogP contribution < -0.4 is 9.47 Å². The van der Waals surface area contributed by atoms with Gasteiger partial charge < -0.3 is 14.2 Å². The van der Waals surface area contributed by atoms with E-state index in [9.17, 15) is 4.79 Å². The van der Waals surface area contributed by atoms with Gasteiger partial charge in [-0.25, -0.2) is 0 Å². The molecule has 2 aliphatic rings. The van der Waals surface area contributed by atoms with Crippen LogP contribution in [-0.4, -0.2) is 27.3 Å². The third-order valence-corrected chi connectivity index (χ3v) is 6.55. The molecular formula is C23H32O4. The van der Waals surface area contributed by atoms with Crippen LogP contribution in [0.2, 0.25) is 0 Å². The molecule has 3 rings (SSSR count). The Morgan fingerprint density at radius 1 is 1.11 bits per heavy atom. The van der Waals surface area contributed by atoms with Gasteiger partial charge in [-0.1, -0.05) is 46.3 Å². The number of methoxy groups -OCH3 is 3. The predicted octanol–water partition coefficient (Wildman–Crippen LogP) is 5.09. The van der Waals surface area contributed by atoms with Crippen molar-refractivity contribution in [3.05, 3.63) is 28.8 Å². The fourth-order valence-electron chi connectivity index (χ4n) is 5.33. The number of fused-ring (bicyclic) bond motifs is 3. The Morgan fingerprint density at radius 2 is 1.78 bits per heavy atom. The molecule has 2 atom stereocenters. The standard InChI is InChI=1S/C23H32O4/c1-14(2)16-13-15-9-10-17-22(3,4)11-8-12-23(17,21(24)27-7)18(15)20(26-6)19(16)25-5/h9-10,13-14,17H,8,11-12H2,1-7H3/t17-,23-/m1/s1. The Kier molecular flexibility index (Phi) is 5.04. The zero-order valence-electron chi connectivity index (χ0n) is 17.6. The van der Waals surface area contributed by atoms with Gasteiger partial charge in [0.05, 0.1) is 21.3 Å². The van der Waals surface area contributed by atoms with Gasteiger partial charge in [-0.15, -0.1) is 0 Å². The summed E-state index contributed by atoms with van der Waals surface area (Å²) in [7, 11) is 4.82. The van der Waals surface area contributed by atoms with E-state index in [0.717, 1.165) is 41.7 Å². The van der Waals surface area contributed by atoms with E-state index in [1.165, 1.54) is 7.11 Å². The molecule has 0 unspecified atom stereocenters. The normalized spacial score (nSPS) is 25.6. The highest BCUT2D eigenvalue weighted by atomic mass is 16.5. The van der Waals surface area contributed by atoms with Crippen LogP contribution in [0.4, 0.5) is 0 Å². The molecule has 4 heteroatoms. The average molecular weight is 373 g/mol. The molecule has 27 heavy (non-hydrogen) atoms. The van der Waals surface area contributed by atoms with Crippen molar-refractivity contribution in [1.82, 2.24) is 0 Å². The SMILES string of the molecule is COC(=O)[C@]12CCCC(C)(C)[C@H]1C=Cc1cc(C(C)C)c(OC)c(OC)c12. The van der Waals surface area contributed by atoms with Crippen molar-refractivity contribution < 1.29 is 19.0 Å². The molecule has 0 radical (unpaired) electrons. The van der Waals surface area contributed by atoms with E-state index >= 15 is 0 Å². The number of rotatable bonds is 4. The number of carbonyl (C=O) groups excluding carboxylic acids is 1. The van der Waals surface area contributed by atoms with Crippen molar-refractivity contribution in [2.75, 3.05) is 21.3 Å². The van der Waals surface area contributed by atoms with Crippen LogP contribution in [-0.2, 0) is 14.9 Å². The second kappa shape index (κ2) is 6.88. The monoisotopic (exact) mass is 372 g/mol. The third-order valence-electron chi connectivity index (χ3n) is 6.55. The van der Waals surface area contributed by atoms with E-state index in [2.05, 4.69) is 45.9 Å². The predicted molar refractivity (Wildman–Crippen MR) is 107 cm³/mol. The lowest BCUT2D eigenvalue weighted by atomic mass is 9.51. The maximum absolute atomic E-state index is 13.3. The summed E-state index contributed by atoms with van der Waals surface area (Å²) in [4.78, 5) is 13.3. The molecule has 0 spiro atoms. The third kappa shape index (κ3) is 2.76. The van der Waals surface area contributed by atoms with Crippen LogP contribution in [0, 0.1) is 11.3 Å². The van der Waals surface area contributed by atoms with Gasteiger partial charge in [-0.2, -0.15) is 0 Å². The number of ether oxygens (including phenoxy) is 3. The first-order chi connectivity index (χ1) is 12.7. The highest BCUT2D eigenvalue weighted by Crippen LogP contribution is 2.60. The average Bonchev–Trinajstić information content (AvgIpc) is 2.64. The zero-order chi connectivity index (χ0) is 20.0. The van der Waals surface area contributed by atoms with E-state index in [-0.39, 0.29) is 23.2 Å². The summed E-state index contributed by atoms with van der Waals surface area (Å²) in [5, 5.41) is 0. The van der Waals surface area contributed by atoms with Gasteiger partial charge in [0.15, 0.2) is 11.5 Å². The van der Waals surface area contributed by atoms with Crippen LogP contribution in [0.15, 0.2) is 12.1 Å². The molecule has 1 aromatic carbocycles. The molecule has 0 N–H and O–H groups in total. The number of allylic oxidation sites excluding steroid dienone is 1. The number of hydrogen-bond donors (Lipinski definition) is 0. The van der Waals surface area contributed by atoms with Crippen molar-refractivity contribution in [1.29, 1.82) is 0 Å². The highest BCUT2D eigenvalue weighted by molar-refractivity contribution is 5.90. The van der Waals surface area contributed by atoms with Gasteiger partial charge >= 0.3 is 5.97 Å². The second-order valence-corrected chi connectivity index (χ2v) is 8.79. The maximum Gasteiger partial charge on any atom is 0.317 e. The Bertz CT molecular complexity index is 775. The molecule has 0 heterocycles. The summed E-state index contributed by atoms with van der Waals surface area (Å²) >= 11 is 0. The molecule has 0 amide bonds. The van der Waals surface area contributed by atoms with E-state index < -0.39 is 5.41 Å². The van der Waals surface area contributed by atoms with Crippen LogP contribution in [0.1, 0.15) is 69.6 Å². The summed E-state index contributed by atoms with van der Waals surface area (Å²) in [6.45, 7) is 8.77. The first-order valence-electron chi connectivity index (χ1n) is 9.80. The molecule has 4 nitrogen and oxygen atoms in total. The minimum absolute atomic E-state index is 0.00437. The van der Waals surface area contributed by atoms with Crippen molar-refractivity contribution in [2.24, 2.45) is 11.3 Å². The van der Waals surface area contributed by atoms with Crippen LogP contribution >= 0.6 is 0 Å². The molecule has 2 aliphatic carbocycles. The molecule has 0 saturated heterocycles. The molecule has 148 valence electrons. The Balaban J connectivity index is 2.40. The lowest BCUT2D eigenvalue weighted by Crippen LogP contribution is -2.53. The Morgan fingerprint density at radius 3 is 2.33 bits per heavy atom. The van der Waals surface area contributed by atoms with Crippen LogP contribution in [0.25, 0.3) is 6.08 Å². The van der Waals surface area contributed by atoms with E-state index in [4.69, 9.17) is 14.2 Å². The molecule has 0 aliphatic heterocycles. The summed E-state index contributed by atoms with van der Waals surface area (Å²) in [6.07, 6.45) is 7.19. The van der Waals surface area contributed by atoms with Gasteiger partial charge in [0.1, 0.15) is 5.41 Å². The summed E-state index contributed by atoms with van der Waals surface area (Å²) < 4.78 is 17.1. The second-order valence-electron chi connectivity index (χ2n) is 8.79. The van der Waals surface area contributed by atoms with Crippen molar-refractivity contribution in [2.45, 2.75) is 58.3 Å². The van der Waals surface area contributed by atoms with Gasteiger partial charge in [-0.3, -0.25) is 4.79 Å². The van der Waals surface area contributed by atoms with E-state index in [1.54, 1.807) is 14.2 Å². The number of hydrogen-bond acceptors (Lipinski definition) is 4. The maximum atomic E-state index is 13.3. The smallest absolute Gasteiger partial charge is 0.317 e. The summed E-state index contributed by atoms with van der Waals surface area (Å²) in [6, 6.07) is 2.15. The topological polar surface area (TPSA) is 44.8 Å². The lowest BCUT2D eigenvalue weighted by molar-refractivity contribution is -0.154.